The molecule has 1 aromatic carbocycles. The van der Waals surface area contributed by atoms with Gasteiger partial charge in [-0.1, -0.05) is 5.10 Å². The van der Waals surface area contributed by atoms with Gasteiger partial charge < -0.3 is 14.8 Å². The minimum atomic E-state index is -0.424. The van der Waals surface area contributed by atoms with Crippen molar-refractivity contribution in [3.8, 4) is 6.01 Å². The standard InChI is InChI=1S/C19H18N6O3/c1-27-18(26)13-3-4-15-14(11-13)22-16(17-23-24-19(28-2)25(15)17)21-10-7-12-5-8-20-9-6-12/h3-6,8-9,11H,7,10H2,1-2H3,(H,21,22). The van der Waals surface area contributed by atoms with E-state index in [2.05, 4.69) is 25.5 Å². The molecule has 3 aromatic heterocycles. The average molecular weight is 378 g/mol. The Morgan fingerprint density at radius 3 is 2.71 bits per heavy atom. The first-order valence-electron chi connectivity index (χ1n) is 8.65. The highest BCUT2D eigenvalue weighted by Crippen LogP contribution is 2.25. The predicted molar refractivity (Wildman–Crippen MR) is 103 cm³/mol. The Morgan fingerprint density at radius 1 is 1.14 bits per heavy atom. The minimum Gasteiger partial charge on any atom is -0.467 e. The second-order valence-corrected chi connectivity index (χ2v) is 6.03. The molecule has 0 bridgehead atoms. The summed E-state index contributed by atoms with van der Waals surface area (Å²) in [5.41, 5.74) is 3.44. The van der Waals surface area contributed by atoms with E-state index in [1.165, 1.54) is 14.2 Å². The summed E-state index contributed by atoms with van der Waals surface area (Å²) >= 11 is 0. The first-order valence-corrected chi connectivity index (χ1v) is 8.65. The third-order valence-electron chi connectivity index (χ3n) is 4.35. The van der Waals surface area contributed by atoms with E-state index in [4.69, 9.17) is 9.47 Å². The van der Waals surface area contributed by atoms with Gasteiger partial charge in [0.2, 0.25) is 5.65 Å². The molecule has 0 atom stereocenters. The maximum absolute atomic E-state index is 11.9. The summed E-state index contributed by atoms with van der Waals surface area (Å²) in [6.07, 6.45) is 4.32. The van der Waals surface area contributed by atoms with Gasteiger partial charge in [-0.15, -0.1) is 5.10 Å². The van der Waals surface area contributed by atoms with Gasteiger partial charge in [0.05, 0.1) is 30.8 Å². The Kier molecular flexibility index (Phi) is 4.71. The van der Waals surface area contributed by atoms with E-state index in [1.807, 2.05) is 12.1 Å². The highest BCUT2D eigenvalue weighted by atomic mass is 16.5. The zero-order valence-electron chi connectivity index (χ0n) is 15.4. The fraction of sp³-hybridized carbons (Fsp3) is 0.211. The molecule has 9 heteroatoms. The topological polar surface area (TPSA) is 104 Å². The monoisotopic (exact) mass is 378 g/mol. The van der Waals surface area contributed by atoms with E-state index in [0.717, 1.165) is 17.5 Å². The van der Waals surface area contributed by atoms with Gasteiger partial charge >= 0.3 is 12.0 Å². The fourth-order valence-corrected chi connectivity index (χ4v) is 2.98. The van der Waals surface area contributed by atoms with Crippen molar-refractivity contribution in [1.82, 2.24) is 24.6 Å². The molecule has 9 nitrogen and oxygen atoms in total. The molecule has 4 rings (SSSR count). The van der Waals surface area contributed by atoms with Gasteiger partial charge in [-0.2, -0.15) is 0 Å². The zero-order chi connectivity index (χ0) is 19.5. The van der Waals surface area contributed by atoms with Crippen molar-refractivity contribution in [1.29, 1.82) is 0 Å². The molecule has 0 radical (unpaired) electrons. The number of esters is 1. The first kappa shape index (κ1) is 17.7. The molecule has 0 spiro atoms. The molecule has 142 valence electrons. The van der Waals surface area contributed by atoms with E-state index in [9.17, 15) is 4.79 Å². The van der Waals surface area contributed by atoms with E-state index < -0.39 is 5.97 Å². The van der Waals surface area contributed by atoms with Crippen LogP contribution in [0.3, 0.4) is 0 Å². The van der Waals surface area contributed by atoms with Gasteiger partial charge in [0.1, 0.15) is 0 Å². The van der Waals surface area contributed by atoms with E-state index in [1.54, 1.807) is 35.0 Å². The normalized spacial score (nSPS) is 10.9. The Balaban J connectivity index is 1.75. The number of aromatic nitrogens is 5. The van der Waals surface area contributed by atoms with Crippen LogP contribution in [0.25, 0.3) is 16.7 Å². The van der Waals surface area contributed by atoms with Crippen LogP contribution in [0.15, 0.2) is 42.7 Å². The van der Waals surface area contributed by atoms with Gasteiger partial charge in [0.25, 0.3) is 0 Å². The lowest BCUT2D eigenvalue weighted by Gasteiger charge is -2.10. The summed E-state index contributed by atoms with van der Waals surface area (Å²) in [7, 11) is 2.88. The molecule has 1 N–H and O–H groups in total. The third-order valence-corrected chi connectivity index (χ3v) is 4.35. The van der Waals surface area contributed by atoms with Crippen molar-refractivity contribution in [3.63, 3.8) is 0 Å². The van der Waals surface area contributed by atoms with Crippen LogP contribution in [0.2, 0.25) is 0 Å². The van der Waals surface area contributed by atoms with Crippen molar-refractivity contribution >= 4 is 28.5 Å². The number of rotatable bonds is 6. The predicted octanol–water partition coefficient (Wildman–Crippen LogP) is 2.12. The van der Waals surface area contributed by atoms with Crippen molar-refractivity contribution in [2.24, 2.45) is 0 Å². The van der Waals surface area contributed by atoms with Crippen LogP contribution >= 0.6 is 0 Å². The highest BCUT2D eigenvalue weighted by Gasteiger charge is 2.17. The van der Waals surface area contributed by atoms with E-state index >= 15 is 0 Å². The number of methoxy groups -OCH3 is 2. The number of carbonyl (C=O) groups excluding carboxylic acids is 1. The van der Waals surface area contributed by atoms with Crippen LogP contribution in [0, 0.1) is 0 Å². The lowest BCUT2D eigenvalue weighted by Crippen LogP contribution is -2.09. The number of nitrogens with zero attached hydrogens (tertiary/aromatic N) is 5. The number of carbonyl (C=O) groups is 1. The van der Waals surface area contributed by atoms with Crippen LogP contribution in [0.1, 0.15) is 15.9 Å². The summed E-state index contributed by atoms with van der Waals surface area (Å²) in [5, 5.41) is 11.6. The Bertz CT molecular complexity index is 1140. The number of hydrogen-bond donors (Lipinski definition) is 1. The number of nitrogens with one attached hydrogen (secondary N) is 1. The molecule has 0 fully saturated rings. The Labute approximate surface area is 160 Å². The lowest BCUT2D eigenvalue weighted by molar-refractivity contribution is 0.0601. The summed E-state index contributed by atoms with van der Waals surface area (Å²) in [6.45, 7) is 0.643. The Morgan fingerprint density at radius 2 is 1.96 bits per heavy atom. The maximum Gasteiger partial charge on any atom is 0.337 e. The number of fused-ring (bicyclic) bond motifs is 3. The number of hydrogen-bond acceptors (Lipinski definition) is 8. The SMILES string of the molecule is COC(=O)c1ccc2c(c1)nc(NCCc1ccncc1)c1nnc(OC)n12. The molecule has 0 saturated carbocycles. The summed E-state index contributed by atoms with van der Waals surface area (Å²) < 4.78 is 11.9. The van der Waals surface area contributed by atoms with Crippen LogP contribution in [0.5, 0.6) is 6.01 Å². The van der Waals surface area contributed by atoms with Crippen molar-refractivity contribution in [2.75, 3.05) is 26.1 Å². The molecule has 0 unspecified atom stereocenters. The fourth-order valence-electron chi connectivity index (χ4n) is 2.98. The quantitative estimate of drug-likeness (QED) is 0.509. The molecule has 0 aliphatic heterocycles. The first-order chi connectivity index (χ1) is 13.7. The molecule has 0 aliphatic rings. The molecular formula is C19H18N6O3. The second-order valence-electron chi connectivity index (χ2n) is 6.03. The smallest absolute Gasteiger partial charge is 0.337 e. The van der Waals surface area contributed by atoms with Crippen molar-refractivity contribution in [2.45, 2.75) is 6.42 Å². The average Bonchev–Trinajstić information content (AvgIpc) is 3.18. The molecular weight excluding hydrogens is 360 g/mol. The van der Waals surface area contributed by atoms with Crippen LogP contribution in [0.4, 0.5) is 5.82 Å². The summed E-state index contributed by atoms with van der Waals surface area (Å²) in [5.74, 6) is 0.131. The van der Waals surface area contributed by atoms with Gasteiger partial charge in [-0.05, 0) is 42.3 Å². The van der Waals surface area contributed by atoms with Crippen molar-refractivity contribution in [3.05, 3.63) is 53.9 Å². The maximum atomic E-state index is 11.9. The molecule has 0 saturated heterocycles. The number of pyridine rings is 1. The number of ether oxygens (including phenoxy) is 2. The van der Waals surface area contributed by atoms with Gasteiger partial charge in [0, 0.05) is 18.9 Å². The lowest BCUT2D eigenvalue weighted by atomic mass is 10.2. The van der Waals surface area contributed by atoms with Crippen LogP contribution in [-0.4, -0.2) is 51.3 Å². The summed E-state index contributed by atoms with van der Waals surface area (Å²) in [4.78, 5) is 20.6. The Hall–Kier alpha value is -3.75. The van der Waals surface area contributed by atoms with Gasteiger partial charge in [0.15, 0.2) is 5.82 Å². The number of benzene rings is 1. The van der Waals surface area contributed by atoms with Gasteiger partial charge in [-0.3, -0.25) is 4.98 Å². The van der Waals surface area contributed by atoms with Crippen LogP contribution < -0.4 is 10.1 Å². The minimum absolute atomic E-state index is 0.338. The largest absolute Gasteiger partial charge is 0.467 e. The molecule has 4 aromatic rings. The van der Waals surface area contributed by atoms with E-state index in [-0.39, 0.29) is 0 Å². The van der Waals surface area contributed by atoms with E-state index in [0.29, 0.717) is 35.1 Å². The molecule has 0 aliphatic carbocycles. The number of anilines is 1. The third kappa shape index (κ3) is 3.18. The summed E-state index contributed by atoms with van der Waals surface area (Å²) in [6, 6.07) is 9.39. The van der Waals surface area contributed by atoms with Gasteiger partial charge in [-0.25, -0.2) is 14.2 Å². The van der Waals surface area contributed by atoms with Crippen molar-refractivity contribution < 1.29 is 14.3 Å². The molecule has 3 heterocycles. The second kappa shape index (κ2) is 7.47. The molecule has 28 heavy (non-hydrogen) atoms. The highest BCUT2D eigenvalue weighted by molar-refractivity contribution is 5.94. The van der Waals surface area contributed by atoms with Crippen LogP contribution in [-0.2, 0) is 11.2 Å². The zero-order valence-corrected chi connectivity index (χ0v) is 15.4. The molecule has 0 amide bonds.